The van der Waals surface area contributed by atoms with E-state index in [1.54, 1.807) is 48.5 Å². The fraction of sp³-hybridized carbons (Fsp3) is 0.250. The highest BCUT2D eigenvalue weighted by Gasteiger charge is 2.17. The van der Waals surface area contributed by atoms with Gasteiger partial charge in [0.2, 0.25) is 0 Å². The molecule has 0 saturated heterocycles. The highest BCUT2D eigenvalue weighted by molar-refractivity contribution is 5.89. The Hall–Kier alpha value is -3.15. The van der Waals surface area contributed by atoms with Crippen molar-refractivity contribution in [3.63, 3.8) is 0 Å². The summed E-state index contributed by atoms with van der Waals surface area (Å²) in [6.45, 7) is 1.34. The number of ether oxygens (including phenoxy) is 3. The van der Waals surface area contributed by atoms with E-state index in [1.807, 2.05) is 0 Å². The number of methoxy groups -OCH3 is 2. The summed E-state index contributed by atoms with van der Waals surface area (Å²) in [6, 6.07) is 13.6. The van der Waals surface area contributed by atoms with Gasteiger partial charge in [-0.2, -0.15) is 0 Å². The first kappa shape index (κ1) is 19.2. The van der Waals surface area contributed by atoms with Gasteiger partial charge in [-0.05, 0) is 35.4 Å². The number of rotatable bonds is 6. The van der Waals surface area contributed by atoms with Crippen molar-refractivity contribution in [2.45, 2.75) is 19.4 Å². The van der Waals surface area contributed by atoms with Crippen LogP contribution in [0, 0.1) is 0 Å². The summed E-state index contributed by atoms with van der Waals surface area (Å²) in [4.78, 5) is 34.5. The van der Waals surface area contributed by atoms with Crippen molar-refractivity contribution in [1.29, 1.82) is 0 Å². The van der Waals surface area contributed by atoms with E-state index in [4.69, 9.17) is 4.74 Å². The number of carbonyl (C=O) groups excluding carboxylic acids is 3. The lowest BCUT2D eigenvalue weighted by atomic mass is 9.99. The summed E-state index contributed by atoms with van der Waals surface area (Å²) in [5, 5.41) is 0. The standard InChI is InChI=1S/C20H20O6/c1-13(21)26-18(15-8-10-17(11-9-15)20(23)25-3)12-14-4-6-16(7-5-14)19(22)24-2/h4-11,18H,12H2,1-3H3. The van der Waals surface area contributed by atoms with E-state index in [9.17, 15) is 14.4 Å². The van der Waals surface area contributed by atoms with Crippen molar-refractivity contribution in [2.24, 2.45) is 0 Å². The molecule has 0 aliphatic rings. The Bertz CT molecular complexity index is 777. The van der Waals surface area contributed by atoms with Gasteiger partial charge in [0.1, 0.15) is 6.10 Å². The molecule has 0 N–H and O–H groups in total. The maximum Gasteiger partial charge on any atom is 0.337 e. The zero-order valence-corrected chi connectivity index (χ0v) is 14.9. The van der Waals surface area contributed by atoms with Gasteiger partial charge >= 0.3 is 17.9 Å². The average molecular weight is 356 g/mol. The lowest BCUT2D eigenvalue weighted by Gasteiger charge is -2.18. The molecule has 0 bridgehead atoms. The van der Waals surface area contributed by atoms with Crippen LogP contribution < -0.4 is 0 Å². The molecule has 2 aromatic carbocycles. The summed E-state index contributed by atoms with van der Waals surface area (Å²) in [7, 11) is 2.64. The Balaban J connectivity index is 2.20. The van der Waals surface area contributed by atoms with E-state index in [0.717, 1.165) is 11.1 Å². The number of hydrogen-bond acceptors (Lipinski definition) is 6. The topological polar surface area (TPSA) is 78.9 Å². The van der Waals surface area contributed by atoms with Crippen LogP contribution in [0.3, 0.4) is 0 Å². The molecule has 0 amide bonds. The first-order chi connectivity index (χ1) is 12.4. The highest BCUT2D eigenvalue weighted by atomic mass is 16.5. The maximum absolute atomic E-state index is 11.5. The normalized spacial score (nSPS) is 11.3. The van der Waals surface area contributed by atoms with Gasteiger partial charge in [-0.25, -0.2) is 9.59 Å². The van der Waals surface area contributed by atoms with E-state index in [-0.39, 0.29) is 0 Å². The molecule has 0 aromatic heterocycles. The molecule has 0 aliphatic heterocycles. The molecule has 6 heteroatoms. The summed E-state index contributed by atoms with van der Waals surface area (Å²) < 4.78 is 14.8. The Labute approximate surface area is 151 Å². The van der Waals surface area contributed by atoms with E-state index < -0.39 is 24.0 Å². The van der Waals surface area contributed by atoms with Crippen LogP contribution in [-0.2, 0) is 25.4 Å². The van der Waals surface area contributed by atoms with Crippen LogP contribution in [0.4, 0.5) is 0 Å². The molecule has 1 unspecified atom stereocenters. The molecule has 136 valence electrons. The molecule has 0 heterocycles. The Kier molecular flexibility index (Phi) is 6.49. The molecule has 2 aromatic rings. The van der Waals surface area contributed by atoms with E-state index in [2.05, 4.69) is 9.47 Å². The molecular weight excluding hydrogens is 336 g/mol. The fourth-order valence-electron chi connectivity index (χ4n) is 2.49. The smallest absolute Gasteiger partial charge is 0.337 e. The Morgan fingerprint density at radius 3 is 1.69 bits per heavy atom. The molecule has 2 rings (SSSR count). The molecule has 6 nitrogen and oxygen atoms in total. The van der Waals surface area contributed by atoms with Crippen LogP contribution >= 0.6 is 0 Å². The molecule has 0 aliphatic carbocycles. The molecule has 0 spiro atoms. The SMILES string of the molecule is COC(=O)c1ccc(CC(OC(C)=O)c2ccc(C(=O)OC)cc2)cc1. The summed E-state index contributed by atoms with van der Waals surface area (Å²) in [5.41, 5.74) is 2.51. The summed E-state index contributed by atoms with van der Waals surface area (Å²) in [6.07, 6.45) is -0.0818. The Morgan fingerprint density at radius 2 is 1.27 bits per heavy atom. The van der Waals surface area contributed by atoms with Crippen LogP contribution in [0.2, 0.25) is 0 Å². The van der Waals surface area contributed by atoms with Crippen LogP contribution in [-0.4, -0.2) is 32.1 Å². The number of hydrogen-bond donors (Lipinski definition) is 0. The first-order valence-corrected chi connectivity index (χ1v) is 7.97. The predicted octanol–water partition coefficient (Wildman–Crippen LogP) is 3.11. The zero-order valence-electron chi connectivity index (χ0n) is 14.9. The third-order valence-corrected chi connectivity index (χ3v) is 3.81. The van der Waals surface area contributed by atoms with Crippen LogP contribution in [0.25, 0.3) is 0 Å². The molecule has 0 radical (unpaired) electrons. The third-order valence-electron chi connectivity index (χ3n) is 3.81. The van der Waals surface area contributed by atoms with Crippen molar-refractivity contribution in [1.82, 2.24) is 0 Å². The van der Waals surface area contributed by atoms with Gasteiger partial charge in [-0.3, -0.25) is 4.79 Å². The lowest BCUT2D eigenvalue weighted by molar-refractivity contribution is -0.146. The van der Waals surface area contributed by atoms with Crippen LogP contribution in [0.15, 0.2) is 48.5 Å². The summed E-state index contributed by atoms with van der Waals surface area (Å²) >= 11 is 0. The van der Waals surface area contributed by atoms with Crippen LogP contribution in [0.5, 0.6) is 0 Å². The van der Waals surface area contributed by atoms with Gasteiger partial charge in [0.05, 0.1) is 25.3 Å². The molecule has 0 fully saturated rings. The van der Waals surface area contributed by atoms with Gasteiger partial charge in [-0.1, -0.05) is 24.3 Å². The lowest BCUT2D eigenvalue weighted by Crippen LogP contribution is -2.12. The largest absolute Gasteiger partial charge is 0.465 e. The quantitative estimate of drug-likeness (QED) is 0.584. The zero-order chi connectivity index (χ0) is 19.1. The second-order valence-corrected chi connectivity index (χ2v) is 5.60. The first-order valence-electron chi connectivity index (χ1n) is 7.97. The monoisotopic (exact) mass is 356 g/mol. The van der Waals surface area contributed by atoms with Gasteiger partial charge < -0.3 is 14.2 Å². The van der Waals surface area contributed by atoms with Crippen molar-refractivity contribution in [3.05, 3.63) is 70.8 Å². The minimum Gasteiger partial charge on any atom is -0.465 e. The second-order valence-electron chi connectivity index (χ2n) is 5.60. The maximum atomic E-state index is 11.5. The fourth-order valence-corrected chi connectivity index (χ4v) is 2.49. The number of esters is 3. The van der Waals surface area contributed by atoms with Crippen molar-refractivity contribution in [3.8, 4) is 0 Å². The van der Waals surface area contributed by atoms with Crippen LogP contribution in [0.1, 0.15) is 44.9 Å². The average Bonchev–Trinajstić information content (AvgIpc) is 2.66. The summed E-state index contributed by atoms with van der Waals surface area (Å²) in [5.74, 6) is -1.25. The molecule has 1 atom stereocenters. The Morgan fingerprint density at radius 1 is 0.808 bits per heavy atom. The van der Waals surface area contributed by atoms with E-state index >= 15 is 0 Å². The van der Waals surface area contributed by atoms with Gasteiger partial charge in [0.25, 0.3) is 0 Å². The third kappa shape index (κ3) is 4.92. The van der Waals surface area contributed by atoms with Crippen molar-refractivity contribution >= 4 is 17.9 Å². The second kappa shape index (κ2) is 8.80. The van der Waals surface area contributed by atoms with Gasteiger partial charge in [-0.15, -0.1) is 0 Å². The molecular formula is C20H20O6. The molecule has 0 saturated carbocycles. The minimum absolute atomic E-state index is 0.404. The van der Waals surface area contributed by atoms with Gasteiger partial charge in [0.15, 0.2) is 0 Å². The van der Waals surface area contributed by atoms with E-state index in [1.165, 1.54) is 21.1 Å². The minimum atomic E-state index is -0.511. The number of benzene rings is 2. The predicted molar refractivity (Wildman–Crippen MR) is 93.8 cm³/mol. The van der Waals surface area contributed by atoms with Crippen molar-refractivity contribution < 1.29 is 28.6 Å². The van der Waals surface area contributed by atoms with E-state index in [0.29, 0.717) is 17.5 Å². The van der Waals surface area contributed by atoms with Crippen molar-refractivity contribution in [2.75, 3.05) is 14.2 Å². The number of carbonyl (C=O) groups is 3. The molecule has 26 heavy (non-hydrogen) atoms. The van der Waals surface area contributed by atoms with Gasteiger partial charge in [0, 0.05) is 13.3 Å². The highest BCUT2D eigenvalue weighted by Crippen LogP contribution is 2.24.